The molecule has 2 N–H and O–H groups in total. The fourth-order valence-electron chi connectivity index (χ4n) is 2.44. The summed E-state index contributed by atoms with van der Waals surface area (Å²) in [6.07, 6.45) is 3.89. The number of imidazole rings is 1. The van der Waals surface area contributed by atoms with Crippen LogP contribution in [0.5, 0.6) is 0 Å². The highest BCUT2D eigenvalue weighted by Gasteiger charge is 2.14. The lowest BCUT2D eigenvalue weighted by Gasteiger charge is -2.14. The summed E-state index contributed by atoms with van der Waals surface area (Å²) in [7, 11) is 0. The van der Waals surface area contributed by atoms with Gasteiger partial charge in [0.2, 0.25) is 0 Å². The van der Waals surface area contributed by atoms with Crippen molar-refractivity contribution in [2.75, 3.05) is 0 Å². The fraction of sp³-hybridized carbons (Fsp3) is 0.333. The summed E-state index contributed by atoms with van der Waals surface area (Å²) in [6.45, 7) is 6.59. The Kier molecular flexibility index (Phi) is 4.17. The molecule has 0 saturated heterocycles. The largest absolute Gasteiger partial charge is 0.332 e. The highest BCUT2D eigenvalue weighted by Crippen LogP contribution is 2.25. The minimum Gasteiger partial charge on any atom is -0.332 e. The third-order valence-electron chi connectivity index (χ3n) is 3.47. The molecule has 0 bridgehead atoms. The minimum atomic E-state index is -0.174. The van der Waals surface area contributed by atoms with Gasteiger partial charge in [-0.25, -0.2) is 9.78 Å². The van der Waals surface area contributed by atoms with Crippen LogP contribution in [0.3, 0.4) is 0 Å². The van der Waals surface area contributed by atoms with Crippen molar-refractivity contribution in [2.24, 2.45) is 0 Å². The smallest absolute Gasteiger partial charge is 0.315 e. The number of carbonyl (C=O) groups is 1. The lowest BCUT2D eigenvalue weighted by molar-refractivity contribution is 0.237. The first-order chi connectivity index (χ1) is 10.5. The molecule has 2 amide bonds. The number of nitrogens with zero attached hydrogens (tertiary/aromatic N) is 2. The minimum absolute atomic E-state index is 0.00422. The molecular weight excluding hydrogens is 316 g/mol. The number of nitrogens with one attached hydrogen (secondary N) is 2. The lowest BCUT2D eigenvalue weighted by Crippen LogP contribution is -2.36. The molecule has 5 nitrogen and oxygen atoms in total. The Bertz CT molecular complexity index is 773. The molecule has 3 aromatic heterocycles. The Morgan fingerprint density at radius 1 is 1.45 bits per heavy atom. The number of hydrogen-bond acceptors (Lipinski definition) is 4. The molecule has 0 saturated carbocycles. The normalized spacial score (nSPS) is 12.5. The summed E-state index contributed by atoms with van der Waals surface area (Å²) in [6, 6.07) is 1.96. The first-order valence-corrected chi connectivity index (χ1v) is 8.75. The number of thiophene rings is 1. The van der Waals surface area contributed by atoms with Gasteiger partial charge < -0.3 is 10.6 Å². The number of urea groups is 1. The third kappa shape index (κ3) is 3.15. The molecule has 22 heavy (non-hydrogen) atoms. The zero-order valence-electron chi connectivity index (χ0n) is 12.7. The standard InChI is InChI=1S/C15H18N4OS2/c1-9-6-13(11(3)22-9)10(2)17-14(20)16-7-12-8-19-4-5-21-15(19)18-12/h4-6,8,10H,7H2,1-3H3,(H2,16,17,20)/t10-/m1/s1. The lowest BCUT2D eigenvalue weighted by atomic mass is 10.1. The van der Waals surface area contributed by atoms with Crippen molar-refractivity contribution in [3.05, 3.63) is 44.9 Å². The van der Waals surface area contributed by atoms with Crippen LogP contribution in [0.4, 0.5) is 4.79 Å². The molecule has 116 valence electrons. The van der Waals surface area contributed by atoms with Crippen molar-refractivity contribution >= 4 is 33.7 Å². The molecule has 3 rings (SSSR count). The average Bonchev–Trinajstić information content (AvgIpc) is 3.10. The van der Waals surface area contributed by atoms with Gasteiger partial charge in [-0.1, -0.05) is 0 Å². The van der Waals surface area contributed by atoms with Crippen molar-refractivity contribution in [1.29, 1.82) is 0 Å². The van der Waals surface area contributed by atoms with Crippen molar-refractivity contribution < 1.29 is 4.79 Å². The Hall–Kier alpha value is -1.86. The number of aryl methyl sites for hydroxylation is 2. The van der Waals surface area contributed by atoms with Crippen LogP contribution in [0, 0.1) is 13.8 Å². The van der Waals surface area contributed by atoms with E-state index in [0.29, 0.717) is 6.54 Å². The average molecular weight is 334 g/mol. The van der Waals surface area contributed by atoms with E-state index in [-0.39, 0.29) is 12.1 Å². The van der Waals surface area contributed by atoms with Crippen LogP contribution in [0.15, 0.2) is 23.8 Å². The molecule has 0 fully saturated rings. The van der Waals surface area contributed by atoms with E-state index in [2.05, 4.69) is 35.5 Å². The van der Waals surface area contributed by atoms with Gasteiger partial charge in [0, 0.05) is 27.5 Å². The predicted molar refractivity (Wildman–Crippen MR) is 90.6 cm³/mol. The van der Waals surface area contributed by atoms with Crippen LogP contribution in [-0.2, 0) is 6.54 Å². The number of rotatable bonds is 4. The van der Waals surface area contributed by atoms with E-state index in [4.69, 9.17) is 0 Å². The van der Waals surface area contributed by atoms with Crippen molar-refractivity contribution in [1.82, 2.24) is 20.0 Å². The molecule has 1 atom stereocenters. The van der Waals surface area contributed by atoms with Crippen molar-refractivity contribution in [2.45, 2.75) is 33.4 Å². The highest BCUT2D eigenvalue weighted by molar-refractivity contribution is 7.15. The summed E-state index contributed by atoms with van der Waals surface area (Å²) in [5.41, 5.74) is 2.04. The van der Waals surface area contributed by atoms with Crippen LogP contribution < -0.4 is 10.6 Å². The van der Waals surface area contributed by atoms with Crippen LogP contribution in [0.1, 0.15) is 34.0 Å². The van der Waals surface area contributed by atoms with Crippen LogP contribution in [0.25, 0.3) is 4.96 Å². The van der Waals surface area contributed by atoms with Gasteiger partial charge in [-0.3, -0.25) is 4.40 Å². The zero-order valence-corrected chi connectivity index (χ0v) is 14.3. The maximum absolute atomic E-state index is 12.0. The molecule has 0 aliphatic rings. The molecule has 0 aliphatic carbocycles. The van der Waals surface area contributed by atoms with E-state index >= 15 is 0 Å². The highest BCUT2D eigenvalue weighted by atomic mass is 32.1. The molecule has 0 radical (unpaired) electrons. The van der Waals surface area contributed by atoms with Gasteiger partial charge in [0.05, 0.1) is 18.3 Å². The van der Waals surface area contributed by atoms with Crippen LogP contribution in [0.2, 0.25) is 0 Å². The van der Waals surface area contributed by atoms with E-state index < -0.39 is 0 Å². The second kappa shape index (κ2) is 6.10. The number of hydrogen-bond donors (Lipinski definition) is 2. The van der Waals surface area contributed by atoms with E-state index in [1.165, 1.54) is 15.3 Å². The zero-order chi connectivity index (χ0) is 15.7. The van der Waals surface area contributed by atoms with Crippen LogP contribution >= 0.6 is 22.7 Å². The van der Waals surface area contributed by atoms with E-state index in [9.17, 15) is 4.79 Å². The molecule has 3 aromatic rings. The van der Waals surface area contributed by atoms with Gasteiger partial charge in [-0.05, 0) is 32.4 Å². The monoisotopic (exact) mass is 334 g/mol. The molecule has 0 spiro atoms. The first-order valence-electron chi connectivity index (χ1n) is 7.05. The molecule has 0 aromatic carbocycles. The summed E-state index contributed by atoms with van der Waals surface area (Å²) >= 11 is 3.33. The van der Waals surface area contributed by atoms with Gasteiger partial charge >= 0.3 is 6.03 Å². The van der Waals surface area contributed by atoms with Crippen molar-refractivity contribution in [3.8, 4) is 0 Å². The first kappa shape index (κ1) is 15.1. The quantitative estimate of drug-likeness (QED) is 0.765. The Balaban J connectivity index is 1.55. The summed E-state index contributed by atoms with van der Waals surface area (Å²) in [4.78, 5) is 19.9. The molecular formula is C15H18N4OS2. The summed E-state index contributed by atoms with van der Waals surface area (Å²) in [5, 5.41) is 7.82. The van der Waals surface area contributed by atoms with E-state index in [0.717, 1.165) is 10.7 Å². The van der Waals surface area contributed by atoms with E-state index in [1.54, 1.807) is 22.7 Å². The van der Waals surface area contributed by atoms with Crippen LogP contribution in [-0.4, -0.2) is 15.4 Å². The van der Waals surface area contributed by atoms with Gasteiger partial charge in [0.1, 0.15) is 0 Å². The Morgan fingerprint density at radius 2 is 2.27 bits per heavy atom. The molecule has 0 aliphatic heterocycles. The maximum Gasteiger partial charge on any atom is 0.315 e. The summed E-state index contributed by atoms with van der Waals surface area (Å²) < 4.78 is 1.96. The predicted octanol–water partition coefficient (Wildman–Crippen LogP) is 3.63. The topological polar surface area (TPSA) is 58.4 Å². The summed E-state index contributed by atoms with van der Waals surface area (Å²) in [5.74, 6) is 0. The number of thiazole rings is 1. The van der Waals surface area contributed by atoms with E-state index in [1.807, 2.05) is 29.1 Å². The Morgan fingerprint density at radius 3 is 2.95 bits per heavy atom. The Labute approximate surface area is 137 Å². The van der Waals surface area contributed by atoms with Gasteiger partial charge in [0.25, 0.3) is 0 Å². The third-order valence-corrected chi connectivity index (χ3v) is 5.22. The molecule has 3 heterocycles. The fourth-order valence-corrected chi connectivity index (χ4v) is 4.18. The molecule has 7 heteroatoms. The SMILES string of the molecule is Cc1cc([C@@H](C)NC(=O)NCc2cn3ccsc3n2)c(C)s1. The second-order valence-electron chi connectivity index (χ2n) is 5.24. The van der Waals surface area contributed by atoms with Gasteiger partial charge in [-0.15, -0.1) is 22.7 Å². The second-order valence-corrected chi connectivity index (χ2v) is 7.58. The molecule has 0 unspecified atom stereocenters. The van der Waals surface area contributed by atoms with Gasteiger partial charge in [-0.2, -0.15) is 0 Å². The van der Waals surface area contributed by atoms with Crippen molar-refractivity contribution in [3.63, 3.8) is 0 Å². The number of aromatic nitrogens is 2. The number of carbonyl (C=O) groups excluding carboxylic acids is 1. The maximum atomic E-state index is 12.0. The van der Waals surface area contributed by atoms with Gasteiger partial charge in [0.15, 0.2) is 4.96 Å². The number of fused-ring (bicyclic) bond motifs is 1. The number of amides is 2.